The zero-order chi connectivity index (χ0) is 22.6. The molecule has 2 heterocycles. The van der Waals surface area contributed by atoms with Gasteiger partial charge >= 0.3 is 13.2 Å². The molecule has 8 heteroatoms. The molecule has 1 aromatic carbocycles. The molecule has 164 valence electrons. The topological polar surface area (TPSA) is 69.7 Å². The molecule has 1 fully saturated rings. The number of hydrogen-bond donors (Lipinski definition) is 1. The van der Waals surface area contributed by atoms with Crippen LogP contribution in [0.15, 0.2) is 48.1 Å². The van der Waals surface area contributed by atoms with Crippen molar-refractivity contribution in [3.05, 3.63) is 70.7 Å². The van der Waals surface area contributed by atoms with Gasteiger partial charge in [0.2, 0.25) is 5.95 Å². The van der Waals surface area contributed by atoms with Gasteiger partial charge in [0.05, 0.1) is 11.2 Å². The fourth-order valence-electron chi connectivity index (χ4n) is 3.01. The highest BCUT2D eigenvalue weighted by atomic mass is 19.1. The van der Waals surface area contributed by atoms with Crippen LogP contribution in [0.5, 0.6) is 0 Å². The second-order valence-electron chi connectivity index (χ2n) is 8.59. The molecule has 1 aliphatic heterocycles. The molecule has 1 aliphatic rings. The Morgan fingerprint density at radius 1 is 1.19 bits per heavy atom. The van der Waals surface area contributed by atoms with Crippen molar-refractivity contribution in [2.24, 2.45) is 0 Å². The molecule has 1 saturated heterocycles. The third-order valence-corrected chi connectivity index (χ3v) is 5.66. The second-order valence-corrected chi connectivity index (χ2v) is 8.59. The Morgan fingerprint density at radius 3 is 2.48 bits per heavy atom. The van der Waals surface area contributed by atoms with Crippen LogP contribution < -0.4 is 5.32 Å². The van der Waals surface area contributed by atoms with E-state index in [4.69, 9.17) is 14.0 Å². The minimum atomic E-state index is -0.699. The molecule has 2 aromatic rings. The van der Waals surface area contributed by atoms with E-state index in [0.29, 0.717) is 11.0 Å². The van der Waals surface area contributed by atoms with Crippen molar-refractivity contribution in [1.82, 2.24) is 10.3 Å². The van der Waals surface area contributed by atoms with Crippen LogP contribution in [0.4, 0.5) is 9.18 Å². The molecule has 1 aromatic heterocycles. The van der Waals surface area contributed by atoms with Gasteiger partial charge in [-0.05, 0) is 56.8 Å². The lowest BCUT2D eigenvalue weighted by molar-refractivity contribution is 0.00578. The van der Waals surface area contributed by atoms with Crippen LogP contribution in [0.3, 0.4) is 0 Å². The van der Waals surface area contributed by atoms with Crippen LogP contribution in [-0.4, -0.2) is 35.9 Å². The Morgan fingerprint density at radius 2 is 1.84 bits per heavy atom. The molecule has 6 nitrogen and oxygen atoms in total. The van der Waals surface area contributed by atoms with Gasteiger partial charge in [-0.3, -0.25) is 0 Å². The van der Waals surface area contributed by atoms with Gasteiger partial charge in [0.25, 0.3) is 0 Å². The monoisotopic (exact) mass is 426 g/mol. The average molecular weight is 426 g/mol. The molecule has 0 unspecified atom stereocenters. The van der Waals surface area contributed by atoms with Gasteiger partial charge in [-0.1, -0.05) is 36.4 Å². The number of halogens is 1. The number of nitrogens with one attached hydrogen (secondary N) is 1. The van der Waals surface area contributed by atoms with Crippen molar-refractivity contribution in [2.45, 2.75) is 52.4 Å². The van der Waals surface area contributed by atoms with Crippen molar-refractivity contribution in [3.8, 4) is 0 Å². The molecular formula is C23H28BFN2O4. The number of carbonyl (C=O) groups excluding carboxylic acids is 1. The largest absolute Gasteiger partial charge is 0.492 e. The number of hydrogen-bond acceptors (Lipinski definition) is 5. The summed E-state index contributed by atoms with van der Waals surface area (Å²) in [5.41, 5.74) is 1.86. The maximum atomic E-state index is 13.7. The van der Waals surface area contributed by atoms with E-state index in [-0.39, 0.29) is 13.2 Å². The van der Waals surface area contributed by atoms with Crippen molar-refractivity contribution in [2.75, 3.05) is 6.54 Å². The summed E-state index contributed by atoms with van der Waals surface area (Å²) in [5, 5.41) is 2.74. The second kappa shape index (κ2) is 9.20. The predicted molar refractivity (Wildman–Crippen MR) is 118 cm³/mol. The third-order valence-electron chi connectivity index (χ3n) is 5.66. The lowest BCUT2D eigenvalue weighted by Gasteiger charge is -2.32. The van der Waals surface area contributed by atoms with Gasteiger partial charge in [-0.25, -0.2) is 9.78 Å². The van der Waals surface area contributed by atoms with Crippen molar-refractivity contribution in [3.63, 3.8) is 0 Å². The minimum absolute atomic E-state index is 0.119. The van der Waals surface area contributed by atoms with E-state index < -0.39 is 30.4 Å². The first kappa shape index (κ1) is 23.0. The zero-order valence-corrected chi connectivity index (χ0v) is 18.6. The number of amides is 1. The first-order valence-corrected chi connectivity index (χ1v) is 10.2. The maximum absolute atomic E-state index is 13.7. The molecule has 0 aliphatic carbocycles. The van der Waals surface area contributed by atoms with Crippen LogP contribution in [0.25, 0.3) is 6.08 Å². The van der Waals surface area contributed by atoms with Crippen molar-refractivity contribution >= 4 is 19.3 Å². The average Bonchev–Trinajstić information content (AvgIpc) is 2.94. The van der Waals surface area contributed by atoms with E-state index in [9.17, 15) is 9.18 Å². The normalized spacial score (nSPS) is 17.5. The van der Waals surface area contributed by atoms with E-state index in [2.05, 4.69) is 10.3 Å². The molecule has 0 atom stereocenters. The van der Waals surface area contributed by atoms with Crippen LogP contribution >= 0.6 is 0 Å². The third kappa shape index (κ3) is 5.71. The van der Waals surface area contributed by atoms with Gasteiger partial charge < -0.3 is 19.4 Å². The Balaban J connectivity index is 1.75. The van der Waals surface area contributed by atoms with E-state index >= 15 is 0 Å². The number of rotatable bonds is 6. The van der Waals surface area contributed by atoms with Gasteiger partial charge in [0.15, 0.2) is 0 Å². The van der Waals surface area contributed by atoms with Crippen molar-refractivity contribution in [1.29, 1.82) is 0 Å². The first-order valence-electron chi connectivity index (χ1n) is 10.2. The highest BCUT2D eigenvalue weighted by molar-refractivity contribution is 6.56. The predicted octanol–water partition coefficient (Wildman–Crippen LogP) is 4.47. The highest BCUT2D eigenvalue weighted by Gasteiger charge is 2.52. The minimum Gasteiger partial charge on any atom is -0.445 e. The molecule has 0 spiro atoms. The maximum Gasteiger partial charge on any atom is 0.492 e. The number of benzene rings is 1. The molecule has 0 saturated carbocycles. The highest BCUT2D eigenvalue weighted by Crippen LogP contribution is 2.38. The standard InChI is InChI=1S/C23H28BFN2O4/c1-16-13-26-20(25)12-18(16)11-19(24-30-22(2,3)23(4,5)31-24)14-27-21(28)29-15-17-9-7-6-8-10-17/h6-13H,14-15H2,1-5H3,(H,27,28). The SMILES string of the molecule is Cc1cnc(F)cc1C=C(CNC(=O)OCc1ccccc1)B1OC(C)(C)C(C)(C)O1. The van der Waals surface area contributed by atoms with Gasteiger partial charge in [-0.2, -0.15) is 4.39 Å². The molecule has 3 rings (SSSR count). The zero-order valence-electron chi connectivity index (χ0n) is 18.6. The summed E-state index contributed by atoms with van der Waals surface area (Å²) in [5.74, 6) is -0.583. The Kier molecular flexibility index (Phi) is 6.82. The number of alkyl carbamates (subject to hydrolysis) is 1. The Bertz CT molecular complexity index is 947. The van der Waals surface area contributed by atoms with Crippen LogP contribution in [-0.2, 0) is 20.7 Å². The molecular weight excluding hydrogens is 398 g/mol. The molecule has 31 heavy (non-hydrogen) atoms. The molecule has 0 radical (unpaired) electrons. The summed E-state index contributed by atoms with van der Waals surface area (Å²) in [6.07, 6.45) is 2.66. The summed E-state index contributed by atoms with van der Waals surface area (Å²) in [6, 6.07) is 10.8. The lowest BCUT2D eigenvalue weighted by Crippen LogP contribution is -2.41. The van der Waals surface area contributed by atoms with Gasteiger partial charge in [0, 0.05) is 18.8 Å². The first-order chi connectivity index (χ1) is 14.6. The number of aromatic nitrogens is 1. The van der Waals surface area contributed by atoms with Crippen molar-refractivity contribution < 1.29 is 23.2 Å². The number of pyridine rings is 1. The fourth-order valence-corrected chi connectivity index (χ4v) is 3.01. The van der Waals surface area contributed by atoms with Crippen LogP contribution in [0.1, 0.15) is 44.4 Å². The molecule has 0 bridgehead atoms. The number of aryl methyl sites for hydroxylation is 1. The van der Waals surface area contributed by atoms with Crippen LogP contribution in [0.2, 0.25) is 0 Å². The number of carbonyl (C=O) groups is 1. The fraction of sp³-hybridized carbons (Fsp3) is 0.391. The van der Waals surface area contributed by atoms with Gasteiger partial charge in [-0.15, -0.1) is 0 Å². The quantitative estimate of drug-likeness (QED) is 0.545. The van der Waals surface area contributed by atoms with E-state index in [1.54, 1.807) is 6.08 Å². The summed E-state index contributed by atoms with van der Waals surface area (Å²) in [4.78, 5) is 15.9. The number of nitrogens with zero attached hydrogens (tertiary/aromatic N) is 1. The lowest BCUT2D eigenvalue weighted by atomic mass is 9.76. The summed E-state index contributed by atoms with van der Waals surface area (Å²) in [6.45, 7) is 9.91. The summed E-state index contributed by atoms with van der Waals surface area (Å²) < 4.78 is 31.3. The summed E-state index contributed by atoms with van der Waals surface area (Å²) >= 11 is 0. The van der Waals surface area contributed by atoms with E-state index in [0.717, 1.165) is 11.1 Å². The van der Waals surface area contributed by atoms with E-state index in [1.807, 2.05) is 65.0 Å². The van der Waals surface area contributed by atoms with Gasteiger partial charge in [0.1, 0.15) is 6.61 Å². The molecule has 1 N–H and O–H groups in total. The van der Waals surface area contributed by atoms with Crippen LogP contribution in [0, 0.1) is 12.9 Å². The molecule has 1 amide bonds. The Hall–Kier alpha value is -2.71. The Labute approximate surface area is 183 Å². The van der Waals surface area contributed by atoms with E-state index in [1.165, 1.54) is 12.3 Å². The smallest absolute Gasteiger partial charge is 0.445 e. The number of ether oxygens (including phenoxy) is 1. The summed E-state index contributed by atoms with van der Waals surface area (Å²) in [7, 11) is -0.699.